The molecule has 0 bridgehead atoms. The highest BCUT2D eigenvalue weighted by molar-refractivity contribution is 6.35. The zero-order valence-corrected chi connectivity index (χ0v) is 16.9. The van der Waals surface area contributed by atoms with Crippen LogP contribution in [0.15, 0.2) is 42.5 Å². The fraction of sp³-hybridized carbons (Fsp3) is 0.333. The van der Waals surface area contributed by atoms with Gasteiger partial charge in [0.15, 0.2) is 0 Å². The molecule has 0 aliphatic carbocycles. The van der Waals surface area contributed by atoms with E-state index in [0.29, 0.717) is 53.3 Å². The third-order valence-electron chi connectivity index (χ3n) is 4.84. The van der Waals surface area contributed by atoms with Crippen molar-refractivity contribution in [3.05, 3.63) is 69.2 Å². The van der Waals surface area contributed by atoms with E-state index in [1.54, 1.807) is 28.0 Å². The lowest BCUT2D eigenvalue weighted by Gasteiger charge is -2.35. The summed E-state index contributed by atoms with van der Waals surface area (Å²) in [6.07, 6.45) is 0. The smallest absolute Gasteiger partial charge is 0.255 e. The van der Waals surface area contributed by atoms with Crippen molar-refractivity contribution in [1.82, 2.24) is 9.80 Å². The summed E-state index contributed by atoms with van der Waals surface area (Å²) < 4.78 is 0. The summed E-state index contributed by atoms with van der Waals surface area (Å²) in [5, 5.41) is 0.856. The minimum Gasteiger partial charge on any atom is -0.335 e. The molecule has 142 valence electrons. The van der Waals surface area contributed by atoms with Crippen LogP contribution in [-0.4, -0.2) is 47.8 Å². The molecule has 3 rings (SSSR count). The minimum atomic E-state index is -0.157. The predicted octanol–water partition coefficient (Wildman–Crippen LogP) is 4.72. The molecular weight excluding hydrogens is 383 g/mol. The number of carbonyl (C=O) groups excluding carboxylic acids is 2. The summed E-state index contributed by atoms with van der Waals surface area (Å²) in [6, 6.07) is 12.6. The Balaban J connectivity index is 1.63. The molecule has 4 nitrogen and oxygen atoms in total. The number of amides is 2. The molecule has 1 heterocycles. The molecule has 0 saturated carbocycles. The van der Waals surface area contributed by atoms with Crippen molar-refractivity contribution < 1.29 is 9.59 Å². The summed E-state index contributed by atoms with van der Waals surface area (Å²) in [5.41, 5.74) is 2.28. The summed E-state index contributed by atoms with van der Waals surface area (Å²) in [7, 11) is 0. The van der Waals surface area contributed by atoms with Gasteiger partial charge in [0, 0.05) is 36.8 Å². The van der Waals surface area contributed by atoms with Gasteiger partial charge in [0.05, 0.1) is 10.6 Å². The fourth-order valence-corrected chi connectivity index (χ4v) is 3.51. The molecule has 0 aromatic heterocycles. The lowest BCUT2D eigenvalue weighted by molar-refractivity contribution is 0.0535. The molecule has 0 N–H and O–H groups in total. The molecule has 6 heteroatoms. The van der Waals surface area contributed by atoms with Crippen molar-refractivity contribution in [2.45, 2.75) is 19.8 Å². The maximum absolute atomic E-state index is 12.7. The SMILES string of the molecule is CC(C)c1ccc(C(=O)N2CCN(C(=O)c3cc(Cl)ccc3Cl)CC2)cc1. The average molecular weight is 405 g/mol. The predicted molar refractivity (Wildman–Crippen MR) is 109 cm³/mol. The first-order valence-electron chi connectivity index (χ1n) is 9.00. The van der Waals surface area contributed by atoms with Gasteiger partial charge in [0.1, 0.15) is 0 Å². The van der Waals surface area contributed by atoms with E-state index in [-0.39, 0.29) is 11.8 Å². The Labute approximate surface area is 169 Å². The Bertz CT molecular complexity index is 842. The zero-order valence-electron chi connectivity index (χ0n) is 15.4. The summed E-state index contributed by atoms with van der Waals surface area (Å²) >= 11 is 12.1. The minimum absolute atomic E-state index is 0.00167. The van der Waals surface area contributed by atoms with Crippen molar-refractivity contribution >= 4 is 35.0 Å². The zero-order chi connectivity index (χ0) is 19.6. The molecule has 2 aromatic rings. The monoisotopic (exact) mass is 404 g/mol. The summed E-state index contributed by atoms with van der Waals surface area (Å²) in [6.45, 7) is 6.18. The first kappa shape index (κ1) is 19.7. The topological polar surface area (TPSA) is 40.6 Å². The van der Waals surface area contributed by atoms with Crippen molar-refractivity contribution in [3.63, 3.8) is 0 Å². The Morgan fingerprint density at radius 2 is 1.41 bits per heavy atom. The van der Waals surface area contributed by atoms with E-state index in [9.17, 15) is 9.59 Å². The number of carbonyl (C=O) groups is 2. The van der Waals surface area contributed by atoms with Gasteiger partial charge in [-0.15, -0.1) is 0 Å². The first-order chi connectivity index (χ1) is 12.9. The van der Waals surface area contributed by atoms with Gasteiger partial charge in [-0.05, 0) is 41.8 Å². The van der Waals surface area contributed by atoms with Crippen LogP contribution in [0.3, 0.4) is 0 Å². The normalized spacial score (nSPS) is 14.6. The van der Waals surface area contributed by atoms with Crippen LogP contribution in [0.4, 0.5) is 0 Å². The highest BCUT2D eigenvalue weighted by atomic mass is 35.5. The summed E-state index contributed by atoms with van der Waals surface area (Å²) in [4.78, 5) is 28.9. The maximum Gasteiger partial charge on any atom is 0.255 e. The number of hydrogen-bond donors (Lipinski definition) is 0. The van der Waals surface area contributed by atoms with Crippen molar-refractivity contribution in [3.8, 4) is 0 Å². The fourth-order valence-electron chi connectivity index (χ4n) is 3.14. The van der Waals surface area contributed by atoms with Gasteiger partial charge in [-0.2, -0.15) is 0 Å². The van der Waals surface area contributed by atoms with E-state index < -0.39 is 0 Å². The lowest BCUT2D eigenvalue weighted by Crippen LogP contribution is -2.50. The van der Waals surface area contributed by atoms with Crippen LogP contribution in [0.25, 0.3) is 0 Å². The van der Waals surface area contributed by atoms with Crippen LogP contribution in [-0.2, 0) is 0 Å². The van der Waals surface area contributed by atoms with Crippen molar-refractivity contribution in [2.24, 2.45) is 0 Å². The van der Waals surface area contributed by atoms with E-state index in [4.69, 9.17) is 23.2 Å². The van der Waals surface area contributed by atoms with E-state index >= 15 is 0 Å². The largest absolute Gasteiger partial charge is 0.335 e. The molecule has 2 amide bonds. The van der Waals surface area contributed by atoms with Crippen LogP contribution in [0.2, 0.25) is 10.0 Å². The Morgan fingerprint density at radius 3 is 1.96 bits per heavy atom. The van der Waals surface area contributed by atoms with Crippen LogP contribution in [0.5, 0.6) is 0 Å². The highest BCUT2D eigenvalue weighted by Gasteiger charge is 2.26. The van der Waals surface area contributed by atoms with Gasteiger partial charge in [-0.3, -0.25) is 9.59 Å². The molecule has 1 fully saturated rings. The lowest BCUT2D eigenvalue weighted by atomic mass is 10.0. The third-order valence-corrected chi connectivity index (χ3v) is 5.40. The Kier molecular flexibility index (Phi) is 6.08. The second-order valence-corrected chi connectivity index (χ2v) is 7.83. The van der Waals surface area contributed by atoms with Gasteiger partial charge >= 0.3 is 0 Å². The van der Waals surface area contributed by atoms with Gasteiger partial charge in [0.2, 0.25) is 0 Å². The van der Waals surface area contributed by atoms with Crippen LogP contribution >= 0.6 is 23.2 Å². The Morgan fingerprint density at radius 1 is 0.852 bits per heavy atom. The molecule has 1 aliphatic heterocycles. The summed E-state index contributed by atoms with van der Waals surface area (Å²) in [5.74, 6) is 0.274. The molecule has 0 spiro atoms. The van der Waals surface area contributed by atoms with Crippen molar-refractivity contribution in [1.29, 1.82) is 0 Å². The standard InChI is InChI=1S/C21H22Cl2N2O2/c1-14(2)15-3-5-16(6-4-15)20(26)24-9-11-25(12-10-24)21(27)18-13-17(22)7-8-19(18)23/h3-8,13-14H,9-12H2,1-2H3. The molecule has 0 radical (unpaired) electrons. The van der Waals surface area contributed by atoms with Crippen LogP contribution in [0, 0.1) is 0 Å². The van der Waals surface area contributed by atoms with E-state index in [2.05, 4.69) is 13.8 Å². The molecule has 0 atom stereocenters. The quantitative estimate of drug-likeness (QED) is 0.742. The molecule has 1 aliphatic rings. The van der Waals surface area contributed by atoms with Gasteiger partial charge in [-0.1, -0.05) is 49.2 Å². The number of halogens is 2. The third kappa shape index (κ3) is 4.45. The van der Waals surface area contributed by atoms with E-state index in [1.165, 1.54) is 5.56 Å². The molecule has 0 unspecified atom stereocenters. The molecule has 27 heavy (non-hydrogen) atoms. The van der Waals surface area contributed by atoms with Crippen LogP contribution < -0.4 is 0 Å². The maximum atomic E-state index is 12.7. The van der Waals surface area contributed by atoms with E-state index in [0.717, 1.165) is 0 Å². The van der Waals surface area contributed by atoms with Gasteiger partial charge < -0.3 is 9.80 Å². The highest BCUT2D eigenvalue weighted by Crippen LogP contribution is 2.23. The van der Waals surface area contributed by atoms with Crippen LogP contribution in [0.1, 0.15) is 46.0 Å². The molecule has 1 saturated heterocycles. The average Bonchev–Trinajstić information content (AvgIpc) is 2.69. The molecular formula is C21H22Cl2N2O2. The number of rotatable bonds is 3. The number of nitrogens with zero attached hydrogens (tertiary/aromatic N) is 2. The van der Waals surface area contributed by atoms with Crippen molar-refractivity contribution in [2.75, 3.05) is 26.2 Å². The Hall–Kier alpha value is -2.04. The number of benzene rings is 2. The van der Waals surface area contributed by atoms with Gasteiger partial charge in [0.25, 0.3) is 11.8 Å². The second-order valence-electron chi connectivity index (χ2n) is 6.99. The number of hydrogen-bond acceptors (Lipinski definition) is 2. The number of piperazine rings is 1. The first-order valence-corrected chi connectivity index (χ1v) is 9.76. The second kappa shape index (κ2) is 8.32. The van der Waals surface area contributed by atoms with Gasteiger partial charge in [-0.25, -0.2) is 0 Å². The van der Waals surface area contributed by atoms with E-state index in [1.807, 2.05) is 24.3 Å². The molecule has 2 aromatic carbocycles.